The molecule has 0 aliphatic rings. The smallest absolute Gasteiger partial charge is 0.255 e. The molecule has 120 valence electrons. The number of amides is 1. The summed E-state index contributed by atoms with van der Waals surface area (Å²) in [6.45, 7) is 3.89. The zero-order chi connectivity index (χ0) is 16.8. The van der Waals surface area contributed by atoms with Crippen molar-refractivity contribution in [1.82, 2.24) is 0 Å². The van der Waals surface area contributed by atoms with E-state index >= 15 is 0 Å². The Kier molecular flexibility index (Phi) is 5.30. The van der Waals surface area contributed by atoms with Gasteiger partial charge in [-0.15, -0.1) is 0 Å². The van der Waals surface area contributed by atoms with Crippen molar-refractivity contribution in [3.63, 3.8) is 0 Å². The van der Waals surface area contributed by atoms with Gasteiger partial charge in [0.25, 0.3) is 5.91 Å². The molecular formula is C17H15F2NO3. The highest BCUT2D eigenvalue weighted by Crippen LogP contribution is 2.25. The van der Waals surface area contributed by atoms with Gasteiger partial charge >= 0.3 is 0 Å². The molecule has 0 aromatic heterocycles. The highest BCUT2D eigenvalue weighted by molar-refractivity contribution is 6.04. The fourth-order valence-electron chi connectivity index (χ4n) is 1.89. The largest absolute Gasteiger partial charge is 0.491 e. The Labute approximate surface area is 132 Å². The fourth-order valence-corrected chi connectivity index (χ4v) is 1.89. The van der Waals surface area contributed by atoms with E-state index in [1.165, 1.54) is 0 Å². The molecule has 2 aromatic rings. The van der Waals surface area contributed by atoms with Gasteiger partial charge in [0, 0.05) is 23.4 Å². The summed E-state index contributed by atoms with van der Waals surface area (Å²) in [7, 11) is 1.16. The van der Waals surface area contributed by atoms with Crippen molar-refractivity contribution in [2.45, 2.75) is 0 Å². The van der Waals surface area contributed by atoms with Gasteiger partial charge in [-0.1, -0.05) is 12.7 Å². The van der Waals surface area contributed by atoms with Crippen LogP contribution in [0.2, 0.25) is 0 Å². The zero-order valence-corrected chi connectivity index (χ0v) is 12.4. The average molecular weight is 319 g/mol. The van der Waals surface area contributed by atoms with Crippen molar-refractivity contribution in [2.24, 2.45) is 0 Å². The number of halogens is 2. The first-order valence-electron chi connectivity index (χ1n) is 6.73. The third kappa shape index (κ3) is 4.06. The maximum atomic E-state index is 13.6. The van der Waals surface area contributed by atoms with Crippen LogP contribution in [0.3, 0.4) is 0 Å². The number of hydrogen-bond acceptors (Lipinski definition) is 3. The molecule has 0 aliphatic heterocycles. The number of carbonyl (C=O) groups is 1. The van der Waals surface area contributed by atoms with Gasteiger partial charge < -0.3 is 14.8 Å². The van der Waals surface area contributed by atoms with Crippen LogP contribution in [-0.2, 0) is 0 Å². The summed E-state index contributed by atoms with van der Waals surface area (Å²) >= 11 is 0. The van der Waals surface area contributed by atoms with Crippen LogP contribution in [0.15, 0.2) is 49.1 Å². The Bertz CT molecular complexity index is 691. The lowest BCUT2D eigenvalue weighted by Gasteiger charge is -2.09. The van der Waals surface area contributed by atoms with Crippen LogP contribution in [-0.4, -0.2) is 19.6 Å². The molecule has 0 radical (unpaired) electrons. The normalized spacial score (nSPS) is 10.0. The van der Waals surface area contributed by atoms with Gasteiger partial charge in [-0.2, -0.15) is 0 Å². The molecule has 0 bridgehead atoms. The molecule has 0 saturated carbocycles. The summed E-state index contributed by atoms with van der Waals surface area (Å²) in [6.07, 6.45) is 1.60. The quantitative estimate of drug-likeness (QED) is 0.824. The van der Waals surface area contributed by atoms with Gasteiger partial charge in [0.05, 0.1) is 7.11 Å². The van der Waals surface area contributed by atoms with Crippen molar-refractivity contribution < 1.29 is 23.0 Å². The minimum absolute atomic E-state index is 0.00205. The van der Waals surface area contributed by atoms with Gasteiger partial charge in [0.2, 0.25) is 0 Å². The number of benzene rings is 2. The fraction of sp³-hybridized carbons (Fsp3) is 0.118. The molecule has 2 aromatic carbocycles. The Morgan fingerprint density at radius 3 is 2.35 bits per heavy atom. The van der Waals surface area contributed by atoms with Crippen LogP contribution in [0.25, 0.3) is 0 Å². The van der Waals surface area contributed by atoms with Crippen LogP contribution < -0.4 is 14.8 Å². The number of nitrogens with one attached hydrogen (secondary N) is 1. The number of hydrogen-bond donors (Lipinski definition) is 1. The van der Waals surface area contributed by atoms with Crippen LogP contribution in [0.4, 0.5) is 14.5 Å². The monoisotopic (exact) mass is 319 g/mol. The van der Waals surface area contributed by atoms with Crippen molar-refractivity contribution in [1.29, 1.82) is 0 Å². The van der Waals surface area contributed by atoms with E-state index in [0.29, 0.717) is 17.9 Å². The standard InChI is InChI=1S/C17H15F2NO3/c1-3-8-23-13-6-4-11(5-7-13)17(21)20-12-9-14(18)16(22-2)15(19)10-12/h3-7,9-10H,1,8H2,2H3,(H,20,21). The molecule has 1 amide bonds. The van der Waals surface area contributed by atoms with E-state index in [2.05, 4.69) is 16.6 Å². The second-order valence-electron chi connectivity index (χ2n) is 4.55. The predicted octanol–water partition coefficient (Wildman–Crippen LogP) is 3.79. The van der Waals surface area contributed by atoms with Gasteiger partial charge in [0.1, 0.15) is 12.4 Å². The summed E-state index contributed by atoms with van der Waals surface area (Å²) in [4.78, 5) is 12.1. The number of carbonyl (C=O) groups excluding carboxylic acids is 1. The highest BCUT2D eigenvalue weighted by Gasteiger charge is 2.13. The van der Waals surface area contributed by atoms with Gasteiger partial charge in [0.15, 0.2) is 17.4 Å². The van der Waals surface area contributed by atoms with Gasteiger partial charge in [-0.25, -0.2) is 8.78 Å². The third-order valence-corrected chi connectivity index (χ3v) is 2.94. The van der Waals surface area contributed by atoms with Crippen LogP contribution in [0.1, 0.15) is 10.4 Å². The third-order valence-electron chi connectivity index (χ3n) is 2.94. The molecule has 0 aliphatic carbocycles. The van der Waals surface area contributed by atoms with Crippen LogP contribution >= 0.6 is 0 Å². The second kappa shape index (κ2) is 7.40. The number of ether oxygens (including phenoxy) is 2. The average Bonchev–Trinajstić information content (AvgIpc) is 2.53. The zero-order valence-electron chi connectivity index (χ0n) is 12.4. The van der Waals surface area contributed by atoms with E-state index in [4.69, 9.17) is 4.74 Å². The van der Waals surface area contributed by atoms with E-state index in [0.717, 1.165) is 19.2 Å². The van der Waals surface area contributed by atoms with Gasteiger partial charge in [-0.3, -0.25) is 4.79 Å². The molecule has 0 atom stereocenters. The summed E-state index contributed by atoms with van der Waals surface area (Å²) in [5, 5.41) is 2.42. The lowest BCUT2D eigenvalue weighted by Crippen LogP contribution is -2.12. The maximum Gasteiger partial charge on any atom is 0.255 e. The first-order valence-corrected chi connectivity index (χ1v) is 6.73. The highest BCUT2D eigenvalue weighted by atomic mass is 19.1. The van der Waals surface area contributed by atoms with E-state index < -0.39 is 23.3 Å². The lowest BCUT2D eigenvalue weighted by molar-refractivity contribution is 0.102. The predicted molar refractivity (Wildman–Crippen MR) is 83.0 cm³/mol. The molecule has 0 fully saturated rings. The molecule has 4 nitrogen and oxygen atoms in total. The first kappa shape index (κ1) is 16.5. The summed E-state index contributed by atoms with van der Waals surface area (Å²) in [6, 6.07) is 8.30. The van der Waals surface area contributed by atoms with E-state index in [9.17, 15) is 13.6 Å². The number of anilines is 1. The van der Waals surface area contributed by atoms with Crippen molar-refractivity contribution in [2.75, 3.05) is 19.0 Å². The van der Waals surface area contributed by atoms with Gasteiger partial charge in [-0.05, 0) is 24.3 Å². The lowest BCUT2D eigenvalue weighted by atomic mass is 10.2. The van der Waals surface area contributed by atoms with Crippen LogP contribution in [0.5, 0.6) is 11.5 Å². The van der Waals surface area contributed by atoms with Crippen molar-refractivity contribution in [3.8, 4) is 11.5 Å². The Morgan fingerprint density at radius 2 is 1.83 bits per heavy atom. The Morgan fingerprint density at radius 1 is 1.22 bits per heavy atom. The molecule has 0 heterocycles. The van der Waals surface area contributed by atoms with Crippen LogP contribution in [0, 0.1) is 11.6 Å². The van der Waals surface area contributed by atoms with Crippen molar-refractivity contribution in [3.05, 3.63) is 66.3 Å². The Hall–Kier alpha value is -2.89. The molecule has 0 spiro atoms. The molecule has 23 heavy (non-hydrogen) atoms. The minimum atomic E-state index is -0.893. The van der Waals surface area contributed by atoms with E-state index in [1.807, 2.05) is 0 Å². The molecule has 1 N–H and O–H groups in total. The molecule has 2 rings (SSSR count). The summed E-state index contributed by atoms with van der Waals surface area (Å²) in [5.41, 5.74) is 0.324. The number of methoxy groups -OCH3 is 1. The van der Waals surface area contributed by atoms with E-state index in [-0.39, 0.29) is 5.69 Å². The second-order valence-corrected chi connectivity index (χ2v) is 4.55. The SMILES string of the molecule is C=CCOc1ccc(C(=O)Nc2cc(F)c(OC)c(F)c2)cc1. The molecule has 0 saturated heterocycles. The molecule has 0 unspecified atom stereocenters. The van der Waals surface area contributed by atoms with E-state index in [1.54, 1.807) is 30.3 Å². The summed E-state index contributed by atoms with van der Waals surface area (Å²) in [5.74, 6) is -2.19. The summed E-state index contributed by atoms with van der Waals surface area (Å²) < 4.78 is 37.1. The molecule has 6 heteroatoms. The molecular weight excluding hydrogens is 304 g/mol. The first-order chi connectivity index (χ1) is 11.0. The number of rotatable bonds is 6. The van der Waals surface area contributed by atoms with Crippen molar-refractivity contribution >= 4 is 11.6 Å². The topological polar surface area (TPSA) is 47.6 Å². The maximum absolute atomic E-state index is 13.6. The Balaban J connectivity index is 2.11. The minimum Gasteiger partial charge on any atom is -0.491 e.